The van der Waals surface area contributed by atoms with E-state index in [-0.39, 0.29) is 16.7 Å². The van der Waals surface area contributed by atoms with Gasteiger partial charge in [0.05, 0.1) is 10.6 Å². The molecule has 1 saturated heterocycles. The van der Waals surface area contributed by atoms with Crippen molar-refractivity contribution in [2.45, 2.75) is 76.1 Å². The van der Waals surface area contributed by atoms with Crippen LogP contribution in [0.15, 0.2) is 18.2 Å². The Morgan fingerprint density at radius 2 is 1.81 bits per heavy atom. The van der Waals surface area contributed by atoms with Crippen LogP contribution in [0.4, 0.5) is 4.39 Å². The van der Waals surface area contributed by atoms with E-state index in [1.807, 2.05) is 0 Å². The van der Waals surface area contributed by atoms with E-state index in [9.17, 15) is 9.18 Å². The van der Waals surface area contributed by atoms with Gasteiger partial charge in [-0.05, 0) is 55.7 Å². The van der Waals surface area contributed by atoms with Crippen LogP contribution in [0.25, 0.3) is 0 Å². The second-order valence-electron chi connectivity index (χ2n) is 8.14. The van der Waals surface area contributed by atoms with Crippen LogP contribution in [-0.4, -0.2) is 20.9 Å². The van der Waals surface area contributed by atoms with E-state index in [0.29, 0.717) is 0 Å². The van der Waals surface area contributed by atoms with Crippen molar-refractivity contribution < 1.29 is 13.9 Å². The molecule has 1 aliphatic carbocycles. The van der Waals surface area contributed by atoms with Crippen LogP contribution in [0.2, 0.25) is 23.2 Å². The summed E-state index contributed by atoms with van der Waals surface area (Å²) in [5, 5.41) is 0.0266. The van der Waals surface area contributed by atoms with E-state index < -0.39 is 20.6 Å². The highest BCUT2D eigenvalue weighted by Gasteiger charge is 2.32. The molecule has 2 nitrogen and oxygen atoms in total. The molecule has 1 aromatic carbocycles. The van der Waals surface area contributed by atoms with Crippen molar-refractivity contribution in [3.05, 3.63) is 34.6 Å². The highest BCUT2D eigenvalue weighted by Crippen LogP contribution is 2.40. The molecule has 144 valence electrons. The van der Waals surface area contributed by atoms with E-state index in [1.165, 1.54) is 49.5 Å². The molecule has 1 heterocycles. The van der Waals surface area contributed by atoms with Gasteiger partial charge < -0.3 is 4.74 Å². The summed E-state index contributed by atoms with van der Waals surface area (Å²) in [7, 11) is -0.403. The maximum atomic E-state index is 13.5. The summed E-state index contributed by atoms with van der Waals surface area (Å²) in [6.07, 6.45) is 8.44. The highest BCUT2D eigenvalue weighted by molar-refractivity contribution is 6.58. The lowest BCUT2D eigenvalue weighted by Crippen LogP contribution is -2.31. The van der Waals surface area contributed by atoms with Crippen LogP contribution in [0, 0.1) is 17.7 Å². The van der Waals surface area contributed by atoms with E-state index in [0.717, 1.165) is 43.6 Å². The predicted molar refractivity (Wildman–Crippen MR) is 107 cm³/mol. The lowest BCUT2D eigenvalue weighted by molar-refractivity contribution is 0.0126. The number of hydrogen-bond donors (Lipinski definition) is 0. The molecule has 2 aliphatic rings. The second-order valence-corrected chi connectivity index (χ2v) is 12.0. The van der Waals surface area contributed by atoms with Crippen LogP contribution in [0.3, 0.4) is 0 Å². The lowest BCUT2D eigenvalue weighted by atomic mass is 9.76. The maximum Gasteiger partial charge on any atom is 0.338 e. The predicted octanol–water partition coefficient (Wildman–Crippen LogP) is 6.24. The topological polar surface area (TPSA) is 26.3 Å². The molecule has 0 bridgehead atoms. The van der Waals surface area contributed by atoms with Crippen LogP contribution < -0.4 is 0 Å². The normalized spacial score (nSPS) is 29.3. The van der Waals surface area contributed by atoms with Crippen molar-refractivity contribution in [3.8, 4) is 0 Å². The lowest BCUT2D eigenvalue weighted by Gasteiger charge is -2.37. The Morgan fingerprint density at radius 1 is 1.15 bits per heavy atom. The Kier molecular flexibility index (Phi) is 7.16. The number of esters is 1. The summed E-state index contributed by atoms with van der Waals surface area (Å²) in [5.74, 6) is 0.703. The van der Waals surface area contributed by atoms with Crippen LogP contribution in [0.5, 0.6) is 0 Å². The van der Waals surface area contributed by atoms with Crippen molar-refractivity contribution in [1.29, 1.82) is 0 Å². The minimum Gasteiger partial charge on any atom is -0.459 e. The van der Waals surface area contributed by atoms with E-state index in [2.05, 4.69) is 6.92 Å². The molecule has 0 unspecified atom stereocenters. The summed E-state index contributed by atoms with van der Waals surface area (Å²) in [4.78, 5) is 12.2. The Balaban J connectivity index is 1.44. The van der Waals surface area contributed by atoms with Gasteiger partial charge in [0.2, 0.25) is 0 Å². The van der Waals surface area contributed by atoms with Crippen LogP contribution in [-0.2, 0) is 4.74 Å². The molecule has 0 N–H and O–H groups in total. The Morgan fingerprint density at radius 3 is 2.42 bits per heavy atom. The smallest absolute Gasteiger partial charge is 0.338 e. The standard InChI is InChI=1S/C21H30ClFO2Si/c1-2-11-26-12-9-16(10-13-26)15-3-6-18(7-4-15)25-21(24)17-5-8-19(22)20(23)14-17/h5,8,14-16,18,26H,2-4,6-7,9-13H2,1H3/t15-,16?,18-,26?. The van der Waals surface area contributed by atoms with Gasteiger partial charge in [-0.1, -0.05) is 55.9 Å². The number of ether oxygens (including phenoxy) is 1. The zero-order chi connectivity index (χ0) is 18.5. The Hall–Kier alpha value is -0.873. The van der Waals surface area contributed by atoms with Crippen molar-refractivity contribution in [2.24, 2.45) is 11.8 Å². The Bertz CT molecular complexity index is 608. The minimum atomic E-state index is -0.577. The summed E-state index contributed by atoms with van der Waals surface area (Å²) in [6.45, 7) is 2.32. The molecule has 5 heteroatoms. The van der Waals surface area contributed by atoms with Gasteiger partial charge in [-0.2, -0.15) is 0 Å². The summed E-state index contributed by atoms with van der Waals surface area (Å²) >= 11 is 5.67. The third-order valence-corrected chi connectivity index (χ3v) is 10.4. The average Bonchev–Trinajstić information content (AvgIpc) is 2.65. The fourth-order valence-corrected chi connectivity index (χ4v) is 8.48. The molecule has 1 aromatic rings. The van der Waals surface area contributed by atoms with Gasteiger partial charge in [0.25, 0.3) is 0 Å². The monoisotopic (exact) mass is 396 g/mol. The molecule has 0 amide bonds. The summed E-state index contributed by atoms with van der Waals surface area (Å²) in [5.41, 5.74) is 0.244. The van der Waals surface area contributed by atoms with Gasteiger partial charge in [0, 0.05) is 8.80 Å². The fraction of sp³-hybridized carbons (Fsp3) is 0.667. The van der Waals surface area contributed by atoms with Gasteiger partial charge in [-0.3, -0.25) is 0 Å². The fourth-order valence-electron chi connectivity index (χ4n) is 4.88. The molecule has 3 rings (SSSR count). The number of hydrogen-bond acceptors (Lipinski definition) is 2. The zero-order valence-electron chi connectivity index (χ0n) is 15.7. The van der Waals surface area contributed by atoms with Gasteiger partial charge in [0.1, 0.15) is 11.9 Å². The first kappa shape index (κ1) is 19.9. The third-order valence-electron chi connectivity index (χ3n) is 6.40. The number of benzene rings is 1. The number of carbonyl (C=O) groups excluding carboxylic acids is 1. The maximum absolute atomic E-state index is 13.5. The number of halogens is 2. The van der Waals surface area contributed by atoms with Crippen molar-refractivity contribution in [2.75, 3.05) is 0 Å². The molecule has 0 aromatic heterocycles. The van der Waals surface area contributed by atoms with Crippen LogP contribution in [0.1, 0.15) is 62.2 Å². The van der Waals surface area contributed by atoms with Crippen molar-refractivity contribution in [3.63, 3.8) is 0 Å². The summed E-state index contributed by atoms with van der Waals surface area (Å²) < 4.78 is 19.1. The zero-order valence-corrected chi connectivity index (χ0v) is 17.6. The largest absolute Gasteiger partial charge is 0.459 e. The number of rotatable bonds is 5. The Labute approximate surface area is 163 Å². The second kappa shape index (κ2) is 9.36. The average molecular weight is 397 g/mol. The first-order valence-corrected chi connectivity index (χ1v) is 13.1. The van der Waals surface area contributed by atoms with Gasteiger partial charge in [-0.25, -0.2) is 9.18 Å². The molecular weight excluding hydrogens is 367 g/mol. The molecule has 1 aliphatic heterocycles. The van der Waals surface area contributed by atoms with Gasteiger partial charge in [-0.15, -0.1) is 0 Å². The van der Waals surface area contributed by atoms with E-state index >= 15 is 0 Å². The van der Waals surface area contributed by atoms with Gasteiger partial charge >= 0.3 is 5.97 Å². The van der Waals surface area contributed by atoms with E-state index in [1.54, 1.807) is 0 Å². The molecular formula is C21H30ClFO2Si. The molecule has 2 fully saturated rings. The van der Waals surface area contributed by atoms with Crippen molar-refractivity contribution in [1.82, 2.24) is 0 Å². The quantitative estimate of drug-likeness (QED) is 0.434. The van der Waals surface area contributed by atoms with Crippen molar-refractivity contribution >= 4 is 26.4 Å². The first-order chi connectivity index (χ1) is 12.6. The highest BCUT2D eigenvalue weighted by atomic mass is 35.5. The first-order valence-electron chi connectivity index (χ1n) is 10.2. The van der Waals surface area contributed by atoms with E-state index in [4.69, 9.17) is 16.3 Å². The molecule has 1 saturated carbocycles. The number of carbonyl (C=O) groups is 1. The third kappa shape index (κ3) is 5.10. The molecule has 0 radical (unpaired) electrons. The van der Waals surface area contributed by atoms with Crippen LogP contribution >= 0.6 is 11.6 Å². The minimum absolute atomic E-state index is 0.0247. The SMILES string of the molecule is CCC[SiH]1CCC([C@H]2CC[C@H](OC(=O)c3ccc(Cl)c(F)c3)CC2)CC1. The van der Waals surface area contributed by atoms with Gasteiger partial charge in [0.15, 0.2) is 0 Å². The summed E-state index contributed by atoms with van der Waals surface area (Å²) in [6, 6.07) is 8.70. The molecule has 0 atom stereocenters. The molecule has 0 spiro atoms. The molecule has 26 heavy (non-hydrogen) atoms.